The van der Waals surface area contributed by atoms with Crippen LogP contribution in [0.5, 0.6) is 0 Å². The summed E-state index contributed by atoms with van der Waals surface area (Å²) in [7, 11) is 0. The van der Waals surface area contributed by atoms with E-state index in [1.165, 1.54) is 6.08 Å². The van der Waals surface area contributed by atoms with Gasteiger partial charge in [0.2, 0.25) is 0 Å². The van der Waals surface area contributed by atoms with Crippen molar-refractivity contribution in [1.29, 1.82) is 0 Å². The van der Waals surface area contributed by atoms with Crippen LogP contribution >= 0.6 is 0 Å². The molecule has 0 unspecified atom stereocenters. The zero-order valence-electron chi connectivity index (χ0n) is 14.3. The molecule has 0 saturated carbocycles. The fraction of sp³-hybridized carbons (Fsp3) is 0.158. The minimum absolute atomic E-state index is 0.0137. The van der Waals surface area contributed by atoms with Crippen LogP contribution < -0.4 is 17.2 Å². The van der Waals surface area contributed by atoms with Crippen molar-refractivity contribution in [1.82, 2.24) is 0 Å². The summed E-state index contributed by atoms with van der Waals surface area (Å²) in [4.78, 5) is 0. The molecule has 0 aliphatic rings. The molecule has 126 valence electrons. The van der Waals surface area contributed by atoms with E-state index in [-0.39, 0.29) is 5.76 Å². The van der Waals surface area contributed by atoms with Gasteiger partial charge in [-0.2, -0.15) is 0 Å². The second kappa shape index (κ2) is 12.8. The summed E-state index contributed by atoms with van der Waals surface area (Å²) in [6.07, 6.45) is 8.13. The second-order valence-corrected chi connectivity index (χ2v) is 4.09. The van der Waals surface area contributed by atoms with Crippen LogP contribution in [0.1, 0.15) is 31.9 Å². The third-order valence-corrected chi connectivity index (χ3v) is 2.56. The molecule has 0 aromatic heterocycles. The zero-order chi connectivity index (χ0) is 18.4. The minimum Gasteiger partial charge on any atom is -0.509 e. The molecule has 1 rings (SSSR count). The Kier molecular flexibility index (Phi) is 12.5. The SMILES string of the molecule is C=C(O)/C=C\C(N)=C/C.C=Cc1c(N)ccc(N)c1C=C.CC. The number of nitrogens with two attached hydrogens (primary N) is 3. The standard InChI is InChI=1S/C10H12N2.C7H11NO.C2H6/c1-3-7-8(4-2)10(12)6-5-9(7)11;1-3-7(8)5-4-6(2)9;1-2/h3-6H,1-2,11-12H2;3-5,9H,2,8H2,1H3;1-2H3/b;5-4-,7-3+;. The van der Waals surface area contributed by atoms with Crippen molar-refractivity contribution in [2.45, 2.75) is 20.8 Å². The molecule has 0 atom stereocenters. The van der Waals surface area contributed by atoms with Crippen molar-refractivity contribution in [2.75, 3.05) is 11.5 Å². The number of nitrogen functional groups attached to an aromatic ring is 2. The Hall–Kier alpha value is -2.88. The highest BCUT2D eigenvalue weighted by molar-refractivity contribution is 5.80. The molecule has 7 N–H and O–H groups in total. The van der Waals surface area contributed by atoms with Gasteiger partial charge in [-0.15, -0.1) is 0 Å². The Bertz CT molecular complexity index is 552. The molecule has 0 bridgehead atoms. The molecule has 0 spiro atoms. The van der Waals surface area contributed by atoms with Crippen molar-refractivity contribution in [3.05, 3.63) is 72.7 Å². The van der Waals surface area contributed by atoms with Gasteiger partial charge in [0.25, 0.3) is 0 Å². The van der Waals surface area contributed by atoms with Gasteiger partial charge in [-0.1, -0.05) is 51.8 Å². The molecule has 0 aliphatic carbocycles. The van der Waals surface area contributed by atoms with Crippen LogP contribution in [0.3, 0.4) is 0 Å². The van der Waals surface area contributed by atoms with Gasteiger partial charge in [0.05, 0.1) is 0 Å². The molecule has 23 heavy (non-hydrogen) atoms. The third kappa shape index (κ3) is 8.88. The first kappa shape index (κ1) is 22.4. The molecular formula is C19H29N3O. The molecule has 4 heteroatoms. The summed E-state index contributed by atoms with van der Waals surface area (Å²) in [6.45, 7) is 16.4. The van der Waals surface area contributed by atoms with Crippen molar-refractivity contribution in [3.8, 4) is 0 Å². The third-order valence-electron chi connectivity index (χ3n) is 2.56. The lowest BCUT2D eigenvalue weighted by Gasteiger charge is -2.07. The topological polar surface area (TPSA) is 98.3 Å². The Labute approximate surface area is 140 Å². The van der Waals surface area contributed by atoms with Crippen molar-refractivity contribution < 1.29 is 5.11 Å². The Balaban J connectivity index is 0. The van der Waals surface area contributed by atoms with E-state index in [1.54, 1.807) is 36.4 Å². The lowest BCUT2D eigenvalue weighted by molar-refractivity contribution is 0.435. The number of hydrogen-bond donors (Lipinski definition) is 4. The van der Waals surface area contributed by atoms with Gasteiger partial charge in [-0.05, 0) is 31.2 Å². The smallest absolute Gasteiger partial charge is 0.108 e. The predicted octanol–water partition coefficient (Wildman–Crippen LogP) is 4.64. The Morgan fingerprint density at radius 1 is 1.00 bits per heavy atom. The van der Waals surface area contributed by atoms with Crippen LogP contribution in [0, 0.1) is 0 Å². The molecule has 4 nitrogen and oxygen atoms in total. The van der Waals surface area contributed by atoms with E-state index in [0.29, 0.717) is 17.1 Å². The maximum atomic E-state index is 8.53. The van der Waals surface area contributed by atoms with Gasteiger partial charge < -0.3 is 22.3 Å². The summed E-state index contributed by atoms with van der Waals surface area (Å²) in [5, 5.41) is 8.53. The first-order chi connectivity index (χ1) is 10.9. The molecule has 0 aliphatic heterocycles. The van der Waals surface area contributed by atoms with Gasteiger partial charge in [-0.25, -0.2) is 0 Å². The van der Waals surface area contributed by atoms with Gasteiger partial charge >= 0.3 is 0 Å². The number of rotatable bonds is 4. The number of hydrogen-bond acceptors (Lipinski definition) is 4. The van der Waals surface area contributed by atoms with E-state index in [4.69, 9.17) is 22.3 Å². The summed E-state index contributed by atoms with van der Waals surface area (Å²) in [6, 6.07) is 3.53. The van der Waals surface area contributed by atoms with Crippen molar-refractivity contribution in [3.63, 3.8) is 0 Å². The van der Waals surface area contributed by atoms with E-state index < -0.39 is 0 Å². The number of benzene rings is 1. The maximum absolute atomic E-state index is 8.53. The fourth-order valence-electron chi connectivity index (χ4n) is 1.41. The molecule has 0 saturated heterocycles. The highest BCUT2D eigenvalue weighted by Crippen LogP contribution is 2.24. The summed E-state index contributed by atoms with van der Waals surface area (Å²) in [5.74, 6) is 0.0137. The van der Waals surface area contributed by atoms with Crippen LogP contribution in [-0.2, 0) is 0 Å². The van der Waals surface area contributed by atoms with Crippen LogP contribution in [0.25, 0.3) is 12.2 Å². The lowest BCUT2D eigenvalue weighted by atomic mass is 10.0. The van der Waals surface area contributed by atoms with Gasteiger partial charge in [0.1, 0.15) is 5.76 Å². The first-order valence-electron chi connectivity index (χ1n) is 7.27. The van der Waals surface area contributed by atoms with Gasteiger partial charge in [0, 0.05) is 28.2 Å². The van der Waals surface area contributed by atoms with E-state index in [9.17, 15) is 0 Å². The van der Waals surface area contributed by atoms with E-state index in [1.807, 2.05) is 20.8 Å². The van der Waals surface area contributed by atoms with Crippen LogP contribution in [0.2, 0.25) is 0 Å². The summed E-state index contributed by atoms with van der Waals surface area (Å²) >= 11 is 0. The van der Waals surface area contributed by atoms with E-state index in [0.717, 1.165) is 11.1 Å². The van der Waals surface area contributed by atoms with Crippen molar-refractivity contribution in [2.24, 2.45) is 5.73 Å². The average molecular weight is 315 g/mol. The largest absolute Gasteiger partial charge is 0.509 e. The summed E-state index contributed by atoms with van der Waals surface area (Å²) < 4.78 is 0. The van der Waals surface area contributed by atoms with Gasteiger partial charge in [0.15, 0.2) is 0 Å². The van der Waals surface area contributed by atoms with E-state index in [2.05, 4.69) is 19.7 Å². The van der Waals surface area contributed by atoms with Crippen LogP contribution in [-0.4, -0.2) is 5.11 Å². The lowest BCUT2D eigenvalue weighted by Crippen LogP contribution is -1.96. The number of aliphatic hydroxyl groups excluding tert-OH is 1. The molecule has 0 amide bonds. The average Bonchev–Trinajstić information content (AvgIpc) is 2.56. The molecule has 0 fully saturated rings. The predicted molar refractivity (Wildman–Crippen MR) is 106 cm³/mol. The Morgan fingerprint density at radius 3 is 1.65 bits per heavy atom. The number of allylic oxidation sites excluding steroid dienone is 3. The Morgan fingerprint density at radius 2 is 1.39 bits per heavy atom. The molecule has 1 aromatic rings. The molecular weight excluding hydrogens is 286 g/mol. The molecule has 0 heterocycles. The zero-order valence-corrected chi connectivity index (χ0v) is 14.3. The van der Waals surface area contributed by atoms with Crippen LogP contribution in [0.15, 0.2) is 61.6 Å². The molecule has 1 aromatic carbocycles. The second-order valence-electron chi connectivity index (χ2n) is 4.09. The first-order valence-corrected chi connectivity index (χ1v) is 7.27. The minimum atomic E-state index is 0.0137. The quantitative estimate of drug-likeness (QED) is 0.369. The fourth-order valence-corrected chi connectivity index (χ4v) is 1.41. The number of anilines is 2. The normalized spacial score (nSPS) is 9.96. The maximum Gasteiger partial charge on any atom is 0.108 e. The van der Waals surface area contributed by atoms with E-state index >= 15 is 0 Å². The molecule has 0 radical (unpaired) electrons. The van der Waals surface area contributed by atoms with Crippen molar-refractivity contribution >= 4 is 23.5 Å². The number of aliphatic hydroxyl groups is 1. The van der Waals surface area contributed by atoms with Crippen LogP contribution in [0.4, 0.5) is 11.4 Å². The highest BCUT2D eigenvalue weighted by Gasteiger charge is 2.02. The van der Waals surface area contributed by atoms with Gasteiger partial charge in [-0.3, -0.25) is 0 Å². The monoisotopic (exact) mass is 315 g/mol. The highest BCUT2D eigenvalue weighted by atomic mass is 16.3. The summed E-state index contributed by atoms with van der Waals surface area (Å²) in [5.41, 5.74) is 20.4.